The molecule has 2 heterocycles. The Labute approximate surface area is 117 Å². The van der Waals surface area contributed by atoms with Crippen molar-refractivity contribution in [1.82, 2.24) is 14.5 Å². The first-order valence-corrected chi connectivity index (χ1v) is 9.06. The standard InChI is InChI=1S/C13H27N3O2S/c1-12(2)13(4-5-14-10-13)11-15-6-8-16(9-7-15)19(3,17)18/h12,14H,4-11H2,1-3H3. The Kier molecular flexibility index (Phi) is 4.55. The van der Waals surface area contributed by atoms with Crippen molar-refractivity contribution < 1.29 is 8.42 Å². The van der Waals surface area contributed by atoms with Crippen molar-refractivity contribution in [3.05, 3.63) is 0 Å². The minimum absolute atomic E-state index is 0.368. The molecule has 2 fully saturated rings. The van der Waals surface area contributed by atoms with Gasteiger partial charge in [-0.2, -0.15) is 4.31 Å². The van der Waals surface area contributed by atoms with E-state index in [2.05, 4.69) is 24.1 Å². The third kappa shape index (κ3) is 3.48. The highest BCUT2D eigenvalue weighted by atomic mass is 32.2. The first-order chi connectivity index (χ1) is 8.83. The van der Waals surface area contributed by atoms with Crippen molar-refractivity contribution in [1.29, 1.82) is 0 Å². The van der Waals surface area contributed by atoms with E-state index in [1.165, 1.54) is 12.7 Å². The van der Waals surface area contributed by atoms with Gasteiger partial charge in [-0.05, 0) is 24.3 Å². The van der Waals surface area contributed by atoms with E-state index in [-0.39, 0.29) is 0 Å². The Bertz CT molecular complexity index is 394. The number of hydrogen-bond acceptors (Lipinski definition) is 4. The summed E-state index contributed by atoms with van der Waals surface area (Å²) in [6, 6.07) is 0. The SMILES string of the molecule is CC(C)C1(CN2CCN(S(C)(=O)=O)CC2)CCNC1. The summed E-state index contributed by atoms with van der Waals surface area (Å²) in [5, 5.41) is 3.48. The summed E-state index contributed by atoms with van der Waals surface area (Å²) in [4.78, 5) is 2.44. The zero-order valence-electron chi connectivity index (χ0n) is 12.4. The molecule has 0 aromatic heterocycles. The minimum Gasteiger partial charge on any atom is -0.316 e. The Morgan fingerprint density at radius 3 is 2.26 bits per heavy atom. The van der Waals surface area contributed by atoms with Gasteiger partial charge in [0.1, 0.15) is 0 Å². The Hall–Kier alpha value is -0.170. The van der Waals surface area contributed by atoms with E-state index in [9.17, 15) is 8.42 Å². The van der Waals surface area contributed by atoms with E-state index >= 15 is 0 Å². The van der Waals surface area contributed by atoms with E-state index in [0.717, 1.165) is 32.7 Å². The van der Waals surface area contributed by atoms with E-state index in [4.69, 9.17) is 0 Å². The van der Waals surface area contributed by atoms with E-state index in [0.29, 0.717) is 24.4 Å². The normalized spacial score (nSPS) is 31.2. The number of sulfonamides is 1. The summed E-state index contributed by atoms with van der Waals surface area (Å²) in [7, 11) is -3.01. The highest BCUT2D eigenvalue weighted by Crippen LogP contribution is 2.35. The van der Waals surface area contributed by atoms with Gasteiger partial charge in [-0.15, -0.1) is 0 Å². The molecule has 112 valence electrons. The lowest BCUT2D eigenvalue weighted by molar-refractivity contribution is 0.0915. The van der Waals surface area contributed by atoms with E-state index in [1.807, 2.05) is 0 Å². The summed E-state index contributed by atoms with van der Waals surface area (Å²) in [6.07, 6.45) is 2.54. The average molecular weight is 289 g/mol. The third-order valence-electron chi connectivity index (χ3n) is 4.84. The van der Waals surface area contributed by atoms with E-state index in [1.54, 1.807) is 4.31 Å². The molecule has 0 amide bonds. The predicted octanol–water partition coefficient (Wildman–Crippen LogP) is 0.199. The molecule has 6 heteroatoms. The number of piperazine rings is 1. The number of rotatable bonds is 4. The molecule has 1 unspecified atom stereocenters. The molecular weight excluding hydrogens is 262 g/mol. The van der Waals surface area contributed by atoms with Gasteiger partial charge in [0.25, 0.3) is 0 Å². The largest absolute Gasteiger partial charge is 0.316 e. The van der Waals surface area contributed by atoms with Crippen LogP contribution in [0, 0.1) is 11.3 Å². The third-order valence-corrected chi connectivity index (χ3v) is 6.14. The van der Waals surface area contributed by atoms with E-state index < -0.39 is 10.0 Å². The van der Waals surface area contributed by atoms with Crippen LogP contribution in [0.15, 0.2) is 0 Å². The van der Waals surface area contributed by atoms with Crippen LogP contribution in [0.1, 0.15) is 20.3 Å². The monoisotopic (exact) mass is 289 g/mol. The maximum absolute atomic E-state index is 11.5. The molecule has 0 aromatic rings. The van der Waals surface area contributed by atoms with Gasteiger partial charge in [0.05, 0.1) is 6.26 Å². The van der Waals surface area contributed by atoms with Gasteiger partial charge in [-0.3, -0.25) is 0 Å². The van der Waals surface area contributed by atoms with Crippen LogP contribution in [0.3, 0.4) is 0 Å². The molecule has 0 aromatic carbocycles. The van der Waals surface area contributed by atoms with Crippen LogP contribution in [0.2, 0.25) is 0 Å². The van der Waals surface area contributed by atoms with Crippen molar-refractivity contribution in [3.8, 4) is 0 Å². The molecule has 1 atom stereocenters. The first-order valence-electron chi connectivity index (χ1n) is 7.22. The zero-order chi connectivity index (χ0) is 14.1. The molecule has 1 N–H and O–H groups in total. The Morgan fingerprint density at radius 1 is 1.21 bits per heavy atom. The van der Waals surface area contributed by atoms with Crippen LogP contribution in [0.25, 0.3) is 0 Å². The molecule has 2 rings (SSSR count). The minimum atomic E-state index is -3.01. The fourth-order valence-corrected chi connectivity index (χ4v) is 4.06. The molecular formula is C13H27N3O2S. The summed E-state index contributed by atoms with van der Waals surface area (Å²) >= 11 is 0. The van der Waals surface area contributed by atoms with Crippen molar-refractivity contribution in [2.24, 2.45) is 11.3 Å². The van der Waals surface area contributed by atoms with Gasteiger partial charge in [-0.25, -0.2) is 8.42 Å². The lowest BCUT2D eigenvalue weighted by Gasteiger charge is -2.41. The lowest BCUT2D eigenvalue weighted by Crippen LogP contribution is -2.52. The average Bonchev–Trinajstić information content (AvgIpc) is 2.78. The highest BCUT2D eigenvalue weighted by Gasteiger charge is 2.39. The smallest absolute Gasteiger partial charge is 0.211 e. The molecule has 0 radical (unpaired) electrons. The van der Waals surface area contributed by atoms with Crippen molar-refractivity contribution in [2.75, 3.05) is 52.1 Å². The maximum Gasteiger partial charge on any atom is 0.211 e. The van der Waals surface area contributed by atoms with Crippen molar-refractivity contribution in [3.63, 3.8) is 0 Å². The molecule has 2 aliphatic rings. The van der Waals surface area contributed by atoms with Crippen LogP contribution in [-0.2, 0) is 10.0 Å². The number of hydrogen-bond donors (Lipinski definition) is 1. The fourth-order valence-electron chi connectivity index (χ4n) is 3.24. The lowest BCUT2D eigenvalue weighted by atomic mass is 9.76. The maximum atomic E-state index is 11.5. The summed E-state index contributed by atoms with van der Waals surface area (Å²) in [5.41, 5.74) is 0.368. The van der Waals surface area contributed by atoms with Crippen LogP contribution in [0.4, 0.5) is 0 Å². The van der Waals surface area contributed by atoms with Gasteiger partial charge in [0.15, 0.2) is 0 Å². The van der Waals surface area contributed by atoms with Crippen LogP contribution < -0.4 is 5.32 Å². The summed E-state index contributed by atoms with van der Waals surface area (Å²) in [6.45, 7) is 10.9. The van der Waals surface area contributed by atoms with Gasteiger partial charge >= 0.3 is 0 Å². The van der Waals surface area contributed by atoms with Crippen molar-refractivity contribution >= 4 is 10.0 Å². The fraction of sp³-hybridized carbons (Fsp3) is 1.00. The number of nitrogens with zero attached hydrogens (tertiary/aromatic N) is 2. The zero-order valence-corrected chi connectivity index (χ0v) is 13.2. The Balaban J connectivity index is 1.92. The first kappa shape index (κ1) is 15.2. The van der Waals surface area contributed by atoms with Gasteiger partial charge in [0.2, 0.25) is 10.0 Å². The quantitative estimate of drug-likeness (QED) is 0.803. The van der Waals surface area contributed by atoms with Crippen molar-refractivity contribution in [2.45, 2.75) is 20.3 Å². The molecule has 0 spiro atoms. The van der Waals surface area contributed by atoms with Crippen LogP contribution in [-0.4, -0.2) is 69.7 Å². The molecule has 2 saturated heterocycles. The second-order valence-electron chi connectivity index (χ2n) is 6.38. The molecule has 5 nitrogen and oxygen atoms in total. The van der Waals surface area contributed by atoms with Crippen LogP contribution >= 0.6 is 0 Å². The van der Waals surface area contributed by atoms with Gasteiger partial charge in [0, 0.05) is 39.3 Å². The second-order valence-corrected chi connectivity index (χ2v) is 8.36. The topological polar surface area (TPSA) is 52.7 Å². The molecule has 0 bridgehead atoms. The van der Waals surface area contributed by atoms with Gasteiger partial charge in [-0.1, -0.05) is 13.8 Å². The van der Waals surface area contributed by atoms with Crippen LogP contribution in [0.5, 0.6) is 0 Å². The molecule has 2 aliphatic heterocycles. The predicted molar refractivity (Wildman–Crippen MR) is 77.6 cm³/mol. The molecule has 0 saturated carbocycles. The molecule has 0 aliphatic carbocycles. The van der Waals surface area contributed by atoms with Gasteiger partial charge < -0.3 is 10.2 Å². The highest BCUT2D eigenvalue weighted by molar-refractivity contribution is 7.88. The number of nitrogens with one attached hydrogen (secondary N) is 1. The second kappa shape index (κ2) is 5.68. The molecule has 19 heavy (non-hydrogen) atoms. The summed E-state index contributed by atoms with van der Waals surface area (Å²) in [5.74, 6) is 0.662. The Morgan fingerprint density at radius 2 is 1.84 bits per heavy atom. The summed E-state index contributed by atoms with van der Waals surface area (Å²) < 4.78 is 24.6.